The number of H-pyrrole nitrogens is 1. The van der Waals surface area contributed by atoms with Gasteiger partial charge in [0.1, 0.15) is 5.82 Å². The zero-order chi connectivity index (χ0) is 16.9. The van der Waals surface area contributed by atoms with E-state index in [0.717, 1.165) is 22.6 Å². The first-order chi connectivity index (χ1) is 11.6. The number of aromatic carboxylic acids is 1. The molecule has 0 bridgehead atoms. The zero-order valence-corrected chi connectivity index (χ0v) is 13.4. The molecule has 5 nitrogen and oxygen atoms in total. The monoisotopic (exact) mass is 321 g/mol. The quantitative estimate of drug-likeness (QED) is 0.648. The lowest BCUT2D eigenvalue weighted by Gasteiger charge is -2.11. The van der Waals surface area contributed by atoms with Crippen molar-refractivity contribution in [2.45, 2.75) is 19.5 Å². The van der Waals surface area contributed by atoms with Gasteiger partial charge in [-0.15, -0.1) is 0 Å². The molecule has 0 aliphatic rings. The summed E-state index contributed by atoms with van der Waals surface area (Å²) in [6.07, 6.45) is 1.90. The number of carboxylic acids is 1. The van der Waals surface area contributed by atoms with Gasteiger partial charge in [-0.25, -0.2) is 9.78 Å². The number of aromatic amines is 1. The number of hydrogen-bond acceptors (Lipinski definition) is 3. The summed E-state index contributed by atoms with van der Waals surface area (Å²) in [4.78, 5) is 18.8. The Kier molecular flexibility index (Phi) is 4.72. The van der Waals surface area contributed by atoms with Crippen molar-refractivity contribution >= 4 is 5.97 Å². The Hall–Kier alpha value is -2.92. The normalized spacial score (nSPS) is 12.0. The minimum Gasteiger partial charge on any atom is -0.478 e. The molecule has 1 atom stereocenters. The standard InChI is InChI=1S/C19H19N3O2/c1-13(20-11-14-6-5-9-16(10-14)19(23)24)18-21-12-17(22-18)15-7-3-2-4-8-15/h2-10,12-13,20H,11H2,1H3,(H,21,22)(H,23,24)/t13-/m0/s1. The summed E-state index contributed by atoms with van der Waals surface area (Å²) in [5.74, 6) is -0.0633. The number of nitrogens with one attached hydrogen (secondary N) is 2. The van der Waals surface area contributed by atoms with Crippen LogP contribution in [0.15, 0.2) is 60.8 Å². The van der Waals surface area contributed by atoms with E-state index in [9.17, 15) is 4.79 Å². The third-order valence-corrected chi connectivity index (χ3v) is 3.86. The molecule has 0 fully saturated rings. The minimum atomic E-state index is -0.913. The van der Waals surface area contributed by atoms with Crippen LogP contribution in [0.1, 0.15) is 34.7 Å². The molecule has 0 saturated heterocycles. The molecule has 24 heavy (non-hydrogen) atoms. The van der Waals surface area contributed by atoms with Crippen LogP contribution in [-0.2, 0) is 6.54 Å². The van der Waals surface area contributed by atoms with Crippen molar-refractivity contribution < 1.29 is 9.90 Å². The van der Waals surface area contributed by atoms with Gasteiger partial charge < -0.3 is 15.4 Å². The first kappa shape index (κ1) is 16.0. The summed E-state index contributed by atoms with van der Waals surface area (Å²) < 4.78 is 0. The lowest BCUT2D eigenvalue weighted by atomic mass is 10.1. The first-order valence-corrected chi connectivity index (χ1v) is 7.80. The zero-order valence-electron chi connectivity index (χ0n) is 13.4. The number of carboxylic acid groups (broad SMARTS) is 1. The van der Waals surface area contributed by atoms with Crippen LogP contribution in [0, 0.1) is 0 Å². The van der Waals surface area contributed by atoms with Gasteiger partial charge in [0.15, 0.2) is 0 Å². The average molecular weight is 321 g/mol. The van der Waals surface area contributed by atoms with E-state index in [0.29, 0.717) is 12.1 Å². The number of hydrogen-bond donors (Lipinski definition) is 3. The number of imidazole rings is 1. The maximum atomic E-state index is 11.0. The topological polar surface area (TPSA) is 78.0 Å². The fourth-order valence-electron chi connectivity index (χ4n) is 2.50. The summed E-state index contributed by atoms with van der Waals surface area (Å²) in [5.41, 5.74) is 3.20. The molecule has 0 unspecified atom stereocenters. The third kappa shape index (κ3) is 3.70. The molecule has 3 aromatic rings. The van der Waals surface area contributed by atoms with Crippen LogP contribution in [0.5, 0.6) is 0 Å². The van der Waals surface area contributed by atoms with E-state index < -0.39 is 5.97 Å². The number of aromatic nitrogens is 2. The number of rotatable bonds is 6. The van der Waals surface area contributed by atoms with Crippen molar-refractivity contribution in [3.05, 3.63) is 77.7 Å². The Bertz CT molecular complexity index is 827. The SMILES string of the molecule is C[C@H](NCc1cccc(C(=O)O)c1)c1nc(-c2ccccc2)c[nH]1. The van der Waals surface area contributed by atoms with Gasteiger partial charge in [0.2, 0.25) is 0 Å². The minimum absolute atomic E-state index is 0.0240. The molecule has 0 radical (unpaired) electrons. The van der Waals surface area contributed by atoms with Gasteiger partial charge >= 0.3 is 5.97 Å². The highest BCUT2D eigenvalue weighted by Gasteiger charge is 2.11. The molecule has 3 rings (SSSR count). The van der Waals surface area contributed by atoms with Crippen LogP contribution < -0.4 is 5.32 Å². The largest absolute Gasteiger partial charge is 0.478 e. The van der Waals surface area contributed by atoms with Crippen molar-refractivity contribution in [3.8, 4) is 11.3 Å². The van der Waals surface area contributed by atoms with Gasteiger partial charge in [0.25, 0.3) is 0 Å². The number of benzene rings is 2. The summed E-state index contributed by atoms with van der Waals surface area (Å²) in [5, 5.41) is 12.4. The molecule has 0 aliphatic carbocycles. The van der Waals surface area contributed by atoms with E-state index in [4.69, 9.17) is 5.11 Å². The maximum absolute atomic E-state index is 11.0. The van der Waals surface area contributed by atoms with E-state index in [-0.39, 0.29) is 6.04 Å². The number of nitrogens with zero attached hydrogens (tertiary/aromatic N) is 1. The molecule has 0 spiro atoms. The molecule has 5 heteroatoms. The van der Waals surface area contributed by atoms with Crippen molar-refractivity contribution in [2.75, 3.05) is 0 Å². The van der Waals surface area contributed by atoms with Crippen molar-refractivity contribution in [3.63, 3.8) is 0 Å². The molecule has 1 heterocycles. The Labute approximate surface area is 140 Å². The second kappa shape index (κ2) is 7.10. The fourth-order valence-corrected chi connectivity index (χ4v) is 2.50. The maximum Gasteiger partial charge on any atom is 0.335 e. The van der Waals surface area contributed by atoms with Crippen LogP contribution in [0.2, 0.25) is 0 Å². The van der Waals surface area contributed by atoms with Crippen molar-refractivity contribution in [1.29, 1.82) is 0 Å². The van der Waals surface area contributed by atoms with Crippen LogP contribution >= 0.6 is 0 Å². The van der Waals surface area contributed by atoms with Gasteiger partial charge in [-0.3, -0.25) is 0 Å². The van der Waals surface area contributed by atoms with Crippen LogP contribution in [0.4, 0.5) is 0 Å². The molecule has 122 valence electrons. The van der Waals surface area contributed by atoms with Gasteiger partial charge in [0.05, 0.1) is 17.3 Å². The predicted molar refractivity (Wildman–Crippen MR) is 92.7 cm³/mol. The van der Waals surface area contributed by atoms with Crippen LogP contribution in [0.25, 0.3) is 11.3 Å². The van der Waals surface area contributed by atoms with Gasteiger partial charge in [-0.05, 0) is 24.6 Å². The predicted octanol–water partition coefficient (Wildman–Crippen LogP) is 3.63. The summed E-state index contributed by atoms with van der Waals surface area (Å²) in [6.45, 7) is 2.60. The van der Waals surface area contributed by atoms with E-state index in [1.54, 1.807) is 18.2 Å². The van der Waals surface area contributed by atoms with Crippen molar-refractivity contribution in [1.82, 2.24) is 15.3 Å². The summed E-state index contributed by atoms with van der Waals surface area (Å²) in [7, 11) is 0. The summed E-state index contributed by atoms with van der Waals surface area (Å²) >= 11 is 0. The van der Waals surface area contributed by atoms with Gasteiger partial charge in [-0.2, -0.15) is 0 Å². The Morgan fingerprint density at radius 3 is 2.75 bits per heavy atom. The van der Waals surface area contributed by atoms with E-state index in [2.05, 4.69) is 15.3 Å². The highest BCUT2D eigenvalue weighted by atomic mass is 16.4. The highest BCUT2D eigenvalue weighted by Crippen LogP contribution is 2.19. The van der Waals surface area contributed by atoms with Crippen molar-refractivity contribution in [2.24, 2.45) is 0 Å². The molecule has 0 amide bonds. The molecule has 1 aromatic heterocycles. The molecule has 2 aromatic carbocycles. The molecular weight excluding hydrogens is 302 g/mol. The smallest absolute Gasteiger partial charge is 0.335 e. The Balaban J connectivity index is 1.65. The second-order valence-electron chi connectivity index (χ2n) is 5.65. The van der Waals surface area contributed by atoms with Gasteiger partial charge in [0, 0.05) is 18.3 Å². The van der Waals surface area contributed by atoms with Gasteiger partial charge in [-0.1, -0.05) is 42.5 Å². The third-order valence-electron chi connectivity index (χ3n) is 3.86. The highest BCUT2D eigenvalue weighted by molar-refractivity contribution is 5.87. The van der Waals surface area contributed by atoms with E-state index >= 15 is 0 Å². The van der Waals surface area contributed by atoms with E-state index in [1.807, 2.05) is 49.5 Å². The first-order valence-electron chi connectivity index (χ1n) is 7.80. The average Bonchev–Trinajstić information content (AvgIpc) is 3.11. The Morgan fingerprint density at radius 2 is 2.00 bits per heavy atom. The van der Waals surface area contributed by atoms with Crippen LogP contribution in [-0.4, -0.2) is 21.0 Å². The van der Waals surface area contributed by atoms with Crippen LogP contribution in [0.3, 0.4) is 0 Å². The molecule has 0 aliphatic heterocycles. The number of carbonyl (C=O) groups is 1. The summed E-state index contributed by atoms with van der Waals surface area (Å²) in [6, 6.07) is 17.0. The lowest BCUT2D eigenvalue weighted by molar-refractivity contribution is 0.0696. The Morgan fingerprint density at radius 1 is 1.21 bits per heavy atom. The lowest BCUT2D eigenvalue weighted by Crippen LogP contribution is -2.19. The molecular formula is C19H19N3O2. The van der Waals surface area contributed by atoms with E-state index in [1.165, 1.54) is 0 Å². The second-order valence-corrected chi connectivity index (χ2v) is 5.65. The molecule has 0 saturated carbocycles. The fraction of sp³-hybridized carbons (Fsp3) is 0.158. The molecule has 3 N–H and O–H groups in total.